The van der Waals surface area contributed by atoms with E-state index in [4.69, 9.17) is 5.73 Å². The average molecular weight is 249 g/mol. The van der Waals surface area contributed by atoms with Crippen LogP contribution in [0.15, 0.2) is 24.3 Å². The summed E-state index contributed by atoms with van der Waals surface area (Å²) in [5.74, 6) is 2.09. The zero-order valence-electron chi connectivity index (χ0n) is 10.2. The van der Waals surface area contributed by atoms with Gasteiger partial charge in [-0.05, 0) is 31.7 Å². The van der Waals surface area contributed by atoms with Crippen LogP contribution in [0.5, 0.6) is 0 Å². The maximum atomic E-state index is 5.49. The lowest BCUT2D eigenvalue weighted by Crippen LogP contribution is -2.00. The summed E-state index contributed by atoms with van der Waals surface area (Å²) >= 11 is 1.91. The Morgan fingerprint density at radius 1 is 1.35 bits per heavy atom. The number of aromatic nitrogens is 2. The molecule has 4 heteroatoms. The van der Waals surface area contributed by atoms with E-state index < -0.39 is 0 Å². The van der Waals surface area contributed by atoms with Crippen molar-refractivity contribution in [1.29, 1.82) is 0 Å². The number of nitrogens with two attached hydrogens (primary N) is 1. The zero-order valence-corrected chi connectivity index (χ0v) is 11.0. The van der Waals surface area contributed by atoms with Crippen LogP contribution in [0, 0.1) is 0 Å². The van der Waals surface area contributed by atoms with Gasteiger partial charge >= 0.3 is 0 Å². The zero-order chi connectivity index (χ0) is 12.1. The first-order valence-corrected chi connectivity index (χ1v) is 7.24. The Hall–Kier alpha value is -1.00. The van der Waals surface area contributed by atoms with Crippen molar-refractivity contribution in [2.75, 3.05) is 12.3 Å². The van der Waals surface area contributed by atoms with Crippen molar-refractivity contribution in [3.8, 4) is 0 Å². The van der Waals surface area contributed by atoms with Crippen LogP contribution in [-0.4, -0.2) is 22.1 Å². The average Bonchev–Trinajstić information content (AvgIpc) is 2.73. The molecular weight excluding hydrogens is 230 g/mol. The normalized spacial score (nSPS) is 11.2. The van der Waals surface area contributed by atoms with Crippen LogP contribution < -0.4 is 5.73 Å². The van der Waals surface area contributed by atoms with E-state index in [0.717, 1.165) is 31.0 Å². The predicted molar refractivity (Wildman–Crippen MR) is 75.2 cm³/mol. The molecule has 3 nitrogen and oxygen atoms in total. The number of benzene rings is 1. The standard InChI is InChI=1S/C13H19N3S/c1-2-16-13-7-4-3-6-11(13)12(15-16)10-17-9-5-8-14/h3-4,6-7H,2,5,8-10,14H2,1H3. The lowest BCUT2D eigenvalue weighted by atomic mass is 10.2. The molecular formula is C13H19N3S. The molecule has 0 radical (unpaired) electrons. The molecule has 0 bridgehead atoms. The van der Waals surface area contributed by atoms with Crippen molar-refractivity contribution in [3.05, 3.63) is 30.0 Å². The second-order valence-electron chi connectivity index (χ2n) is 3.97. The molecule has 92 valence electrons. The van der Waals surface area contributed by atoms with Crippen molar-refractivity contribution in [2.45, 2.75) is 25.6 Å². The van der Waals surface area contributed by atoms with Gasteiger partial charge in [-0.25, -0.2) is 0 Å². The number of rotatable bonds is 6. The molecule has 0 unspecified atom stereocenters. The highest BCUT2D eigenvalue weighted by atomic mass is 32.2. The lowest BCUT2D eigenvalue weighted by molar-refractivity contribution is 0.675. The Morgan fingerprint density at radius 3 is 2.94 bits per heavy atom. The number of nitrogens with zero attached hydrogens (tertiary/aromatic N) is 2. The number of hydrogen-bond donors (Lipinski definition) is 1. The Balaban J connectivity index is 2.16. The fourth-order valence-electron chi connectivity index (χ4n) is 1.90. The fourth-order valence-corrected chi connectivity index (χ4v) is 2.82. The molecule has 1 heterocycles. The first kappa shape index (κ1) is 12.5. The van der Waals surface area contributed by atoms with Crippen molar-refractivity contribution in [1.82, 2.24) is 9.78 Å². The molecule has 0 aliphatic heterocycles. The number of thioether (sulfide) groups is 1. The molecule has 0 amide bonds. The molecule has 1 aromatic heterocycles. The molecule has 0 saturated heterocycles. The summed E-state index contributed by atoms with van der Waals surface area (Å²) in [7, 11) is 0. The van der Waals surface area contributed by atoms with E-state index in [1.165, 1.54) is 16.6 Å². The van der Waals surface area contributed by atoms with Gasteiger partial charge in [-0.2, -0.15) is 16.9 Å². The van der Waals surface area contributed by atoms with E-state index in [1.54, 1.807) is 0 Å². The van der Waals surface area contributed by atoms with Crippen LogP contribution in [0.3, 0.4) is 0 Å². The van der Waals surface area contributed by atoms with Gasteiger partial charge in [0.1, 0.15) is 0 Å². The number of fused-ring (bicyclic) bond motifs is 1. The minimum absolute atomic E-state index is 0.775. The Morgan fingerprint density at radius 2 is 2.18 bits per heavy atom. The predicted octanol–water partition coefficient (Wildman–Crippen LogP) is 2.64. The molecule has 17 heavy (non-hydrogen) atoms. The van der Waals surface area contributed by atoms with Crippen LogP contribution in [-0.2, 0) is 12.3 Å². The molecule has 0 aliphatic carbocycles. The van der Waals surface area contributed by atoms with E-state index in [-0.39, 0.29) is 0 Å². The first-order valence-electron chi connectivity index (χ1n) is 6.09. The van der Waals surface area contributed by atoms with Crippen molar-refractivity contribution >= 4 is 22.7 Å². The summed E-state index contributed by atoms with van der Waals surface area (Å²) in [5, 5.41) is 5.96. The van der Waals surface area contributed by atoms with E-state index in [1.807, 2.05) is 11.8 Å². The molecule has 0 atom stereocenters. The van der Waals surface area contributed by atoms with Crippen LogP contribution in [0.4, 0.5) is 0 Å². The largest absolute Gasteiger partial charge is 0.330 e. The van der Waals surface area contributed by atoms with Crippen LogP contribution in [0.25, 0.3) is 10.9 Å². The number of para-hydroxylation sites is 1. The van der Waals surface area contributed by atoms with E-state index in [9.17, 15) is 0 Å². The summed E-state index contributed by atoms with van der Waals surface area (Å²) in [6.45, 7) is 3.83. The second kappa shape index (κ2) is 6.07. The summed E-state index contributed by atoms with van der Waals surface area (Å²) in [6.07, 6.45) is 1.08. The molecule has 1 aromatic carbocycles. The highest BCUT2D eigenvalue weighted by Gasteiger charge is 2.08. The summed E-state index contributed by atoms with van der Waals surface area (Å²) in [6, 6.07) is 8.45. The van der Waals surface area contributed by atoms with E-state index in [0.29, 0.717) is 0 Å². The molecule has 2 rings (SSSR count). The van der Waals surface area contributed by atoms with Gasteiger partial charge in [-0.15, -0.1) is 0 Å². The van der Waals surface area contributed by atoms with Crippen LogP contribution in [0.2, 0.25) is 0 Å². The van der Waals surface area contributed by atoms with Crippen molar-refractivity contribution in [2.24, 2.45) is 5.73 Å². The lowest BCUT2D eigenvalue weighted by Gasteiger charge is -1.97. The van der Waals surface area contributed by atoms with Gasteiger partial charge in [0.15, 0.2) is 0 Å². The van der Waals surface area contributed by atoms with E-state index >= 15 is 0 Å². The highest BCUT2D eigenvalue weighted by molar-refractivity contribution is 7.98. The molecule has 0 spiro atoms. The maximum absolute atomic E-state index is 5.49. The number of aryl methyl sites for hydroxylation is 1. The first-order chi connectivity index (χ1) is 8.36. The van der Waals surface area contributed by atoms with E-state index in [2.05, 4.69) is 41.0 Å². The van der Waals surface area contributed by atoms with Crippen molar-refractivity contribution in [3.63, 3.8) is 0 Å². The van der Waals surface area contributed by atoms with Gasteiger partial charge in [0.25, 0.3) is 0 Å². The van der Waals surface area contributed by atoms with Crippen LogP contribution in [0.1, 0.15) is 19.0 Å². The third kappa shape index (κ3) is 2.82. The fraction of sp³-hybridized carbons (Fsp3) is 0.462. The monoisotopic (exact) mass is 249 g/mol. The molecule has 2 aromatic rings. The SMILES string of the molecule is CCn1nc(CSCCCN)c2ccccc21. The second-order valence-corrected chi connectivity index (χ2v) is 5.08. The van der Waals surface area contributed by atoms with Gasteiger partial charge in [-0.3, -0.25) is 4.68 Å². The minimum atomic E-state index is 0.775. The van der Waals surface area contributed by atoms with Crippen molar-refractivity contribution < 1.29 is 0 Å². The third-order valence-electron chi connectivity index (χ3n) is 2.77. The summed E-state index contributed by atoms with van der Waals surface area (Å²) in [4.78, 5) is 0. The summed E-state index contributed by atoms with van der Waals surface area (Å²) in [5.41, 5.74) is 7.93. The van der Waals surface area contributed by atoms with Gasteiger partial charge in [0.2, 0.25) is 0 Å². The van der Waals surface area contributed by atoms with Crippen LogP contribution >= 0.6 is 11.8 Å². The van der Waals surface area contributed by atoms with Gasteiger partial charge < -0.3 is 5.73 Å². The quantitative estimate of drug-likeness (QED) is 0.800. The summed E-state index contributed by atoms with van der Waals surface area (Å²) < 4.78 is 2.08. The number of hydrogen-bond acceptors (Lipinski definition) is 3. The van der Waals surface area contributed by atoms with Gasteiger partial charge in [0, 0.05) is 17.7 Å². The topological polar surface area (TPSA) is 43.8 Å². The molecule has 0 fully saturated rings. The Kier molecular flexibility index (Phi) is 4.45. The molecule has 0 aliphatic rings. The molecule has 2 N–H and O–H groups in total. The maximum Gasteiger partial charge on any atom is 0.0802 e. The highest BCUT2D eigenvalue weighted by Crippen LogP contribution is 2.22. The molecule has 0 saturated carbocycles. The minimum Gasteiger partial charge on any atom is -0.330 e. The van der Waals surface area contributed by atoms with Gasteiger partial charge in [0.05, 0.1) is 11.2 Å². The third-order valence-corrected chi connectivity index (χ3v) is 3.82. The van der Waals surface area contributed by atoms with Gasteiger partial charge in [-0.1, -0.05) is 18.2 Å². The Labute approximate surface area is 106 Å². The Bertz CT molecular complexity index is 478. The smallest absolute Gasteiger partial charge is 0.0802 e.